The van der Waals surface area contributed by atoms with Gasteiger partial charge in [0.2, 0.25) is 11.9 Å². The number of carbonyl (C=O) groups excluding carboxylic acids is 1. The maximum absolute atomic E-state index is 12.9. The third-order valence-electron chi connectivity index (χ3n) is 8.07. The van der Waals surface area contributed by atoms with Crippen molar-refractivity contribution in [2.75, 3.05) is 31.6 Å². The Morgan fingerprint density at radius 2 is 1.87 bits per heavy atom. The zero-order valence-electron chi connectivity index (χ0n) is 23.6. The number of piperidine rings is 1. The molecule has 6 rings (SSSR count). The van der Waals surface area contributed by atoms with Gasteiger partial charge in [0.15, 0.2) is 5.75 Å². The number of hydrogen-bond acceptors (Lipinski definition) is 7. The predicted molar refractivity (Wildman–Crippen MR) is 150 cm³/mol. The number of pyridine rings is 1. The summed E-state index contributed by atoms with van der Waals surface area (Å²) in [6.07, 6.45) is 3.61. The Bertz CT molecular complexity index is 1510. The molecule has 2 aliphatic rings. The van der Waals surface area contributed by atoms with Gasteiger partial charge in [-0.3, -0.25) is 14.3 Å². The maximum Gasteiger partial charge on any atom is 0.227 e. The SMILES string of the molecule is Cc1noc(C)c1-c1ccc2nc(N3CCC(N(C)C(=O)C(C)(C)C)CC3)n3c2c1OCC3c1ccccn1. The van der Waals surface area contributed by atoms with E-state index in [1.807, 2.05) is 71.0 Å². The molecule has 0 saturated carbocycles. The summed E-state index contributed by atoms with van der Waals surface area (Å²) >= 11 is 0. The second kappa shape index (κ2) is 9.39. The highest BCUT2D eigenvalue weighted by atomic mass is 16.5. The van der Waals surface area contributed by atoms with Crippen LogP contribution in [0.15, 0.2) is 41.1 Å². The molecule has 1 fully saturated rings. The molecular formula is C30H36N6O3. The van der Waals surface area contributed by atoms with Crippen LogP contribution in [0.25, 0.3) is 22.2 Å². The zero-order chi connectivity index (χ0) is 27.5. The lowest BCUT2D eigenvalue weighted by Gasteiger charge is -2.40. The Kier molecular flexibility index (Phi) is 6.12. The number of nitrogens with zero attached hydrogens (tertiary/aromatic N) is 6. The average Bonchev–Trinajstić information content (AvgIpc) is 3.49. The largest absolute Gasteiger partial charge is 0.488 e. The van der Waals surface area contributed by atoms with Crippen molar-refractivity contribution in [2.24, 2.45) is 5.41 Å². The number of imidazole rings is 1. The molecule has 1 aromatic carbocycles. The fourth-order valence-corrected chi connectivity index (χ4v) is 6.05. The van der Waals surface area contributed by atoms with Crippen LogP contribution in [0, 0.1) is 19.3 Å². The Morgan fingerprint density at radius 3 is 2.51 bits per heavy atom. The van der Waals surface area contributed by atoms with Crippen LogP contribution in [0.3, 0.4) is 0 Å². The highest BCUT2D eigenvalue weighted by molar-refractivity contribution is 5.94. The van der Waals surface area contributed by atoms with E-state index in [0.29, 0.717) is 6.61 Å². The molecule has 0 radical (unpaired) electrons. The summed E-state index contributed by atoms with van der Waals surface area (Å²) in [6.45, 7) is 11.9. The summed E-state index contributed by atoms with van der Waals surface area (Å²) in [4.78, 5) is 27.1. The lowest BCUT2D eigenvalue weighted by Crippen LogP contribution is -2.49. The first-order valence-electron chi connectivity index (χ1n) is 13.7. The van der Waals surface area contributed by atoms with Crippen molar-refractivity contribution in [1.29, 1.82) is 0 Å². The smallest absolute Gasteiger partial charge is 0.227 e. The molecule has 39 heavy (non-hydrogen) atoms. The van der Waals surface area contributed by atoms with Crippen LogP contribution in [0.5, 0.6) is 5.75 Å². The standard InChI is InChI=1S/C30H36N6O3/c1-18-25(19(2)39-33-18)21-10-11-23-26-27(21)38-17-24(22-9-7-8-14-31-22)36(26)29(32-23)35-15-12-20(13-16-35)34(6)28(37)30(3,4)5/h7-11,14,20,24H,12-13,15-17H2,1-6H3. The van der Waals surface area contributed by atoms with Crippen LogP contribution in [0.4, 0.5) is 5.95 Å². The fourth-order valence-electron chi connectivity index (χ4n) is 6.05. The van der Waals surface area contributed by atoms with E-state index in [1.54, 1.807) is 0 Å². The average molecular weight is 529 g/mol. The maximum atomic E-state index is 12.9. The minimum absolute atomic E-state index is 0.110. The van der Waals surface area contributed by atoms with Gasteiger partial charge in [-0.25, -0.2) is 4.98 Å². The monoisotopic (exact) mass is 528 g/mol. The Labute approximate surface area is 228 Å². The van der Waals surface area contributed by atoms with Crippen LogP contribution in [0.2, 0.25) is 0 Å². The molecule has 9 heteroatoms. The van der Waals surface area contributed by atoms with Gasteiger partial charge in [-0.2, -0.15) is 0 Å². The van der Waals surface area contributed by atoms with E-state index in [9.17, 15) is 4.79 Å². The summed E-state index contributed by atoms with van der Waals surface area (Å²) in [5, 5.41) is 4.18. The molecule has 0 aliphatic carbocycles. The minimum Gasteiger partial charge on any atom is -0.488 e. The number of aryl methyl sites for hydroxylation is 2. The first-order chi connectivity index (χ1) is 18.6. The molecule has 1 unspecified atom stereocenters. The number of rotatable bonds is 4. The van der Waals surface area contributed by atoms with Crippen molar-refractivity contribution in [1.82, 2.24) is 24.6 Å². The highest BCUT2D eigenvalue weighted by Gasteiger charge is 2.36. The van der Waals surface area contributed by atoms with Crippen LogP contribution >= 0.6 is 0 Å². The summed E-state index contributed by atoms with van der Waals surface area (Å²) in [5.74, 6) is 2.68. The quantitative estimate of drug-likeness (QED) is 0.362. The Hall–Kier alpha value is -3.88. The molecule has 0 spiro atoms. The van der Waals surface area contributed by atoms with Gasteiger partial charge in [-0.1, -0.05) is 32.0 Å². The van der Waals surface area contributed by atoms with Gasteiger partial charge < -0.3 is 19.1 Å². The Balaban J connectivity index is 1.42. The molecule has 2 aliphatic heterocycles. The van der Waals surface area contributed by atoms with Gasteiger partial charge in [-0.05, 0) is 51.0 Å². The predicted octanol–water partition coefficient (Wildman–Crippen LogP) is 5.16. The molecule has 1 saturated heterocycles. The number of benzene rings is 1. The zero-order valence-corrected chi connectivity index (χ0v) is 23.6. The Morgan fingerprint density at radius 1 is 1.10 bits per heavy atom. The van der Waals surface area contributed by atoms with E-state index in [0.717, 1.165) is 76.9 Å². The van der Waals surface area contributed by atoms with Gasteiger partial charge in [0.25, 0.3) is 0 Å². The molecule has 204 valence electrons. The minimum atomic E-state index is -0.387. The number of ether oxygens (including phenoxy) is 1. The summed E-state index contributed by atoms with van der Waals surface area (Å²) in [7, 11) is 1.94. The molecule has 1 amide bonds. The van der Waals surface area contributed by atoms with E-state index >= 15 is 0 Å². The van der Waals surface area contributed by atoms with E-state index in [4.69, 9.17) is 19.2 Å². The summed E-state index contributed by atoms with van der Waals surface area (Å²) in [5.41, 5.74) is 5.17. The van der Waals surface area contributed by atoms with Crippen LogP contribution < -0.4 is 9.64 Å². The molecule has 9 nitrogen and oxygen atoms in total. The van der Waals surface area contributed by atoms with Gasteiger partial charge in [0, 0.05) is 43.4 Å². The van der Waals surface area contributed by atoms with Crippen LogP contribution in [-0.2, 0) is 4.79 Å². The lowest BCUT2D eigenvalue weighted by atomic mass is 9.93. The van der Waals surface area contributed by atoms with Gasteiger partial charge >= 0.3 is 0 Å². The van der Waals surface area contributed by atoms with Crippen molar-refractivity contribution >= 4 is 22.9 Å². The van der Waals surface area contributed by atoms with Crippen LogP contribution in [-0.4, -0.2) is 63.3 Å². The van der Waals surface area contributed by atoms with E-state index < -0.39 is 0 Å². The normalized spacial score (nSPS) is 17.9. The molecule has 1 atom stereocenters. The molecular weight excluding hydrogens is 492 g/mol. The topological polar surface area (TPSA) is 89.5 Å². The lowest BCUT2D eigenvalue weighted by molar-refractivity contribution is -0.140. The summed E-state index contributed by atoms with van der Waals surface area (Å²) < 4.78 is 14.3. The number of aromatic nitrogens is 4. The molecule has 5 heterocycles. The third-order valence-corrected chi connectivity index (χ3v) is 8.07. The van der Waals surface area contributed by atoms with E-state index in [2.05, 4.69) is 26.8 Å². The van der Waals surface area contributed by atoms with Crippen molar-refractivity contribution in [3.8, 4) is 16.9 Å². The number of anilines is 1. The number of amides is 1. The molecule has 0 bridgehead atoms. The van der Waals surface area contributed by atoms with Crippen molar-refractivity contribution in [3.05, 3.63) is 53.7 Å². The van der Waals surface area contributed by atoms with E-state index in [1.165, 1.54) is 0 Å². The van der Waals surface area contributed by atoms with Gasteiger partial charge in [0.05, 0.1) is 22.5 Å². The number of hydrogen-bond donors (Lipinski definition) is 0. The van der Waals surface area contributed by atoms with Crippen molar-refractivity contribution < 1.29 is 14.1 Å². The van der Waals surface area contributed by atoms with Crippen LogP contribution in [0.1, 0.15) is 56.8 Å². The second-order valence-electron chi connectivity index (χ2n) is 11.8. The molecule has 0 N–H and O–H groups in total. The molecule has 4 aromatic rings. The second-order valence-corrected chi connectivity index (χ2v) is 11.8. The van der Waals surface area contributed by atoms with Crippen molar-refractivity contribution in [3.63, 3.8) is 0 Å². The highest BCUT2D eigenvalue weighted by Crippen LogP contribution is 2.46. The van der Waals surface area contributed by atoms with Crippen molar-refractivity contribution in [2.45, 2.75) is 59.5 Å². The number of carbonyl (C=O) groups is 1. The first-order valence-corrected chi connectivity index (χ1v) is 13.7. The van der Waals surface area contributed by atoms with Gasteiger partial charge in [0.1, 0.15) is 23.9 Å². The molecule has 3 aromatic heterocycles. The van der Waals surface area contributed by atoms with Gasteiger partial charge in [-0.15, -0.1) is 0 Å². The third kappa shape index (κ3) is 4.24. The first kappa shape index (κ1) is 25.4. The summed E-state index contributed by atoms with van der Waals surface area (Å²) in [6, 6.07) is 10.2. The van der Waals surface area contributed by atoms with E-state index in [-0.39, 0.29) is 23.4 Å². The fraction of sp³-hybridized carbons (Fsp3) is 0.467.